The monoisotopic (exact) mass is 350 g/mol. The Hall–Kier alpha value is -2.22. The van der Waals surface area contributed by atoms with Crippen LogP contribution in [0.3, 0.4) is 0 Å². The highest BCUT2D eigenvalue weighted by molar-refractivity contribution is 7.10. The van der Waals surface area contributed by atoms with Gasteiger partial charge in [-0.3, -0.25) is 14.3 Å². The van der Waals surface area contributed by atoms with Crippen LogP contribution in [-0.2, 0) is 16.8 Å². The molecule has 2 N–H and O–H groups in total. The largest absolute Gasteiger partial charge is 0.481 e. The molecule has 1 amide bonds. The summed E-state index contributed by atoms with van der Waals surface area (Å²) in [6.07, 6.45) is -0.0175. The van der Waals surface area contributed by atoms with E-state index in [0.29, 0.717) is 17.1 Å². The van der Waals surface area contributed by atoms with Gasteiger partial charge in [-0.1, -0.05) is 20.8 Å². The van der Waals surface area contributed by atoms with Gasteiger partial charge < -0.3 is 10.4 Å². The van der Waals surface area contributed by atoms with E-state index >= 15 is 0 Å². The molecule has 0 saturated heterocycles. The molecule has 2 aromatic rings. The summed E-state index contributed by atoms with van der Waals surface area (Å²) in [5.74, 6) is -1.17. The van der Waals surface area contributed by atoms with E-state index in [1.807, 2.05) is 20.8 Å². The van der Waals surface area contributed by atoms with E-state index in [0.717, 1.165) is 10.7 Å². The lowest BCUT2D eigenvalue weighted by Gasteiger charge is -2.13. The molecular weight excluding hydrogens is 328 g/mol. The van der Waals surface area contributed by atoms with Gasteiger partial charge in [0.05, 0.1) is 35.0 Å². The molecule has 24 heavy (non-hydrogen) atoms. The lowest BCUT2D eigenvalue weighted by Crippen LogP contribution is -2.16. The predicted octanol–water partition coefficient (Wildman–Crippen LogP) is 2.98. The summed E-state index contributed by atoms with van der Waals surface area (Å²) in [4.78, 5) is 27.5. The first-order valence-electron chi connectivity index (χ1n) is 7.62. The van der Waals surface area contributed by atoms with Crippen LogP contribution in [0.25, 0.3) is 0 Å². The molecule has 130 valence electrons. The summed E-state index contributed by atoms with van der Waals surface area (Å²) in [5.41, 5.74) is 2.26. The van der Waals surface area contributed by atoms with Crippen LogP contribution in [-0.4, -0.2) is 31.7 Å². The second-order valence-corrected chi connectivity index (χ2v) is 7.51. The normalized spacial score (nSPS) is 11.5. The summed E-state index contributed by atoms with van der Waals surface area (Å²) in [6.45, 7) is 10.0. The molecular formula is C16H22N4O3S. The van der Waals surface area contributed by atoms with E-state index in [1.165, 1.54) is 11.3 Å². The maximum absolute atomic E-state index is 12.4. The molecule has 0 spiro atoms. The number of hydrogen-bond acceptors (Lipinski definition) is 5. The third-order valence-corrected chi connectivity index (χ3v) is 4.80. The van der Waals surface area contributed by atoms with Crippen molar-refractivity contribution in [3.05, 3.63) is 27.5 Å². The van der Waals surface area contributed by atoms with Crippen molar-refractivity contribution >= 4 is 28.9 Å². The van der Waals surface area contributed by atoms with Crippen LogP contribution in [0.4, 0.5) is 5.69 Å². The Labute approximate surface area is 144 Å². The molecule has 0 atom stereocenters. The number of hydrogen-bond donors (Lipinski definition) is 2. The molecule has 0 aromatic carbocycles. The highest BCUT2D eigenvalue weighted by Crippen LogP contribution is 2.26. The number of carbonyl (C=O) groups excluding carboxylic acids is 1. The number of aliphatic carboxylic acids is 1. The van der Waals surface area contributed by atoms with Gasteiger partial charge >= 0.3 is 5.97 Å². The lowest BCUT2D eigenvalue weighted by atomic mass is 9.98. The number of nitrogens with zero attached hydrogens (tertiary/aromatic N) is 3. The van der Waals surface area contributed by atoms with Crippen LogP contribution in [0.1, 0.15) is 54.1 Å². The first kappa shape index (κ1) is 18.1. The summed E-state index contributed by atoms with van der Waals surface area (Å²) < 4.78 is 1.60. The fourth-order valence-electron chi connectivity index (χ4n) is 2.20. The maximum atomic E-state index is 12.4. The molecule has 0 saturated carbocycles. The van der Waals surface area contributed by atoms with Crippen molar-refractivity contribution in [1.82, 2.24) is 14.8 Å². The van der Waals surface area contributed by atoms with Gasteiger partial charge in [0.15, 0.2) is 0 Å². The van der Waals surface area contributed by atoms with Crippen LogP contribution in [0.2, 0.25) is 0 Å². The van der Waals surface area contributed by atoms with Crippen LogP contribution in [0, 0.1) is 13.8 Å². The standard InChI is InChI=1S/C16H22N4O3S/c1-9-13(10(2)20(19-9)7-6-12(21)22)18-14(23)11-8-24-15(17-11)16(3,4)5/h8H,6-7H2,1-5H3,(H,18,23)(H,21,22). The van der Waals surface area contributed by atoms with Gasteiger partial charge in [0.2, 0.25) is 0 Å². The summed E-state index contributed by atoms with van der Waals surface area (Å²) >= 11 is 1.46. The maximum Gasteiger partial charge on any atom is 0.305 e. The molecule has 2 heterocycles. The fourth-order valence-corrected chi connectivity index (χ4v) is 3.08. The van der Waals surface area contributed by atoms with Crippen molar-refractivity contribution in [2.24, 2.45) is 0 Å². The van der Waals surface area contributed by atoms with Crippen LogP contribution in [0.15, 0.2) is 5.38 Å². The second kappa shape index (κ2) is 6.72. The quantitative estimate of drug-likeness (QED) is 0.864. The minimum atomic E-state index is -0.884. The fraction of sp³-hybridized carbons (Fsp3) is 0.500. The Morgan fingerprint density at radius 2 is 2.00 bits per heavy atom. The number of anilines is 1. The van der Waals surface area contributed by atoms with Gasteiger partial charge in [0.25, 0.3) is 5.91 Å². The Balaban J connectivity index is 2.17. The zero-order valence-corrected chi connectivity index (χ0v) is 15.3. The smallest absolute Gasteiger partial charge is 0.305 e. The summed E-state index contributed by atoms with van der Waals surface area (Å²) in [7, 11) is 0. The third-order valence-electron chi connectivity index (χ3n) is 3.54. The van der Waals surface area contributed by atoms with E-state index in [4.69, 9.17) is 5.11 Å². The lowest BCUT2D eigenvalue weighted by molar-refractivity contribution is -0.137. The summed E-state index contributed by atoms with van der Waals surface area (Å²) in [6, 6.07) is 0. The molecule has 2 aromatic heterocycles. The Bertz CT molecular complexity index is 771. The van der Waals surface area contributed by atoms with Crippen molar-refractivity contribution in [2.75, 3.05) is 5.32 Å². The second-order valence-electron chi connectivity index (χ2n) is 6.65. The zero-order valence-electron chi connectivity index (χ0n) is 14.5. The van der Waals surface area contributed by atoms with Gasteiger partial charge in [-0.25, -0.2) is 4.98 Å². The minimum absolute atomic E-state index is 0.0175. The molecule has 2 rings (SSSR count). The Morgan fingerprint density at radius 3 is 2.54 bits per heavy atom. The average molecular weight is 350 g/mol. The number of carbonyl (C=O) groups is 2. The molecule has 8 heteroatoms. The topological polar surface area (TPSA) is 97.1 Å². The number of nitrogens with one attached hydrogen (secondary N) is 1. The molecule has 7 nitrogen and oxygen atoms in total. The van der Waals surface area contributed by atoms with E-state index in [9.17, 15) is 9.59 Å². The van der Waals surface area contributed by atoms with Gasteiger partial charge in [-0.05, 0) is 13.8 Å². The summed E-state index contributed by atoms with van der Waals surface area (Å²) in [5, 5.41) is 18.6. The van der Waals surface area contributed by atoms with Crippen molar-refractivity contribution in [1.29, 1.82) is 0 Å². The zero-order chi connectivity index (χ0) is 18.1. The SMILES string of the molecule is Cc1nn(CCC(=O)O)c(C)c1NC(=O)c1csc(C(C)(C)C)n1. The minimum Gasteiger partial charge on any atom is -0.481 e. The van der Waals surface area contributed by atoms with E-state index in [-0.39, 0.29) is 24.3 Å². The van der Waals surface area contributed by atoms with E-state index in [2.05, 4.69) is 15.4 Å². The number of amides is 1. The van der Waals surface area contributed by atoms with Crippen LogP contribution < -0.4 is 5.32 Å². The highest BCUT2D eigenvalue weighted by atomic mass is 32.1. The third kappa shape index (κ3) is 4.00. The van der Waals surface area contributed by atoms with Crippen LogP contribution in [0.5, 0.6) is 0 Å². The van der Waals surface area contributed by atoms with Gasteiger partial charge in [-0.15, -0.1) is 11.3 Å². The number of rotatable bonds is 5. The predicted molar refractivity (Wildman–Crippen MR) is 92.7 cm³/mol. The molecule has 0 aliphatic carbocycles. The van der Waals surface area contributed by atoms with Crippen molar-refractivity contribution in [3.63, 3.8) is 0 Å². The molecule has 0 bridgehead atoms. The molecule has 0 unspecified atom stereocenters. The number of carboxylic acid groups (broad SMARTS) is 1. The van der Waals surface area contributed by atoms with Crippen molar-refractivity contribution in [2.45, 2.75) is 53.0 Å². The van der Waals surface area contributed by atoms with Gasteiger partial charge in [0.1, 0.15) is 5.69 Å². The molecule has 0 radical (unpaired) electrons. The Kier molecular flexibility index (Phi) is 5.08. The molecule has 0 aliphatic rings. The van der Waals surface area contributed by atoms with E-state index in [1.54, 1.807) is 23.9 Å². The van der Waals surface area contributed by atoms with Crippen LogP contribution >= 0.6 is 11.3 Å². The highest BCUT2D eigenvalue weighted by Gasteiger charge is 2.22. The number of carboxylic acids is 1. The molecule has 0 fully saturated rings. The Morgan fingerprint density at radius 1 is 1.33 bits per heavy atom. The first-order chi connectivity index (χ1) is 11.1. The number of aryl methyl sites for hydroxylation is 2. The first-order valence-corrected chi connectivity index (χ1v) is 8.50. The van der Waals surface area contributed by atoms with Gasteiger partial charge in [-0.2, -0.15) is 5.10 Å². The van der Waals surface area contributed by atoms with Crippen molar-refractivity contribution in [3.8, 4) is 0 Å². The van der Waals surface area contributed by atoms with Crippen molar-refractivity contribution < 1.29 is 14.7 Å². The number of aromatic nitrogens is 3. The number of thiazole rings is 1. The van der Waals surface area contributed by atoms with Gasteiger partial charge in [0, 0.05) is 10.8 Å². The molecule has 0 aliphatic heterocycles. The van der Waals surface area contributed by atoms with E-state index < -0.39 is 5.97 Å². The average Bonchev–Trinajstić information content (AvgIpc) is 3.05.